The quantitative estimate of drug-likeness (QED) is 0.700. The summed E-state index contributed by atoms with van der Waals surface area (Å²) < 4.78 is 5.30. The smallest absolute Gasteiger partial charge is 0.237 e. The van der Waals surface area contributed by atoms with E-state index in [1.54, 1.807) is 0 Å². The number of hydrogen-bond acceptors (Lipinski definition) is 5. The lowest BCUT2D eigenvalue weighted by Gasteiger charge is -2.34. The van der Waals surface area contributed by atoms with Gasteiger partial charge in [-0.1, -0.05) is 0 Å². The second-order valence-electron chi connectivity index (χ2n) is 7.13. The molecule has 2 amide bonds. The van der Waals surface area contributed by atoms with Crippen LogP contribution in [-0.4, -0.2) is 86.7 Å². The molecule has 3 aliphatic rings. The lowest BCUT2D eigenvalue weighted by atomic mass is 9.97. The van der Waals surface area contributed by atoms with Crippen LogP contribution >= 0.6 is 12.4 Å². The highest BCUT2D eigenvalue weighted by Crippen LogP contribution is 2.16. The van der Waals surface area contributed by atoms with Crippen LogP contribution in [0, 0.1) is 5.92 Å². The van der Waals surface area contributed by atoms with Crippen LogP contribution in [0.2, 0.25) is 0 Å². The highest BCUT2D eigenvalue weighted by atomic mass is 35.5. The summed E-state index contributed by atoms with van der Waals surface area (Å²) in [5, 5.41) is 6.32. The van der Waals surface area contributed by atoms with E-state index in [1.807, 2.05) is 4.90 Å². The largest absolute Gasteiger partial charge is 0.378 e. The minimum atomic E-state index is -0.00686. The average molecular weight is 375 g/mol. The molecule has 7 nitrogen and oxygen atoms in total. The number of rotatable bonds is 5. The number of halogens is 1. The molecule has 0 saturated carbocycles. The van der Waals surface area contributed by atoms with Crippen molar-refractivity contribution in [3.63, 3.8) is 0 Å². The number of carbonyl (C=O) groups excluding carboxylic acids is 2. The van der Waals surface area contributed by atoms with Gasteiger partial charge in [0.1, 0.15) is 0 Å². The maximum Gasteiger partial charge on any atom is 0.237 e. The fourth-order valence-corrected chi connectivity index (χ4v) is 3.84. The molecule has 0 aromatic heterocycles. The van der Waals surface area contributed by atoms with Crippen LogP contribution in [-0.2, 0) is 14.3 Å². The van der Waals surface area contributed by atoms with Crippen LogP contribution in [0.3, 0.4) is 0 Å². The topological polar surface area (TPSA) is 73.9 Å². The molecule has 0 spiro atoms. The van der Waals surface area contributed by atoms with Gasteiger partial charge in [-0.25, -0.2) is 0 Å². The van der Waals surface area contributed by atoms with Crippen molar-refractivity contribution in [1.82, 2.24) is 20.4 Å². The van der Waals surface area contributed by atoms with Gasteiger partial charge in [-0.3, -0.25) is 14.5 Å². The predicted molar refractivity (Wildman–Crippen MR) is 97.8 cm³/mol. The Morgan fingerprint density at radius 2 is 1.92 bits per heavy atom. The van der Waals surface area contributed by atoms with Crippen molar-refractivity contribution in [3.05, 3.63) is 0 Å². The lowest BCUT2D eigenvalue weighted by molar-refractivity contribution is -0.137. The highest BCUT2D eigenvalue weighted by molar-refractivity contribution is 5.85. The van der Waals surface area contributed by atoms with Crippen LogP contribution in [0.25, 0.3) is 0 Å². The third kappa shape index (κ3) is 6.09. The summed E-state index contributed by atoms with van der Waals surface area (Å²) in [5.41, 5.74) is 0. The maximum absolute atomic E-state index is 12.4. The molecule has 3 aliphatic heterocycles. The monoisotopic (exact) mass is 374 g/mol. The van der Waals surface area contributed by atoms with Crippen molar-refractivity contribution < 1.29 is 14.3 Å². The SMILES string of the molecule is Cl.O=C(NCC1CCCN(CC(=O)N2CCOCC2)C1)C1CCCN1. The highest BCUT2D eigenvalue weighted by Gasteiger charge is 2.26. The molecule has 3 heterocycles. The zero-order chi connectivity index (χ0) is 16.8. The Morgan fingerprint density at radius 3 is 2.64 bits per heavy atom. The van der Waals surface area contributed by atoms with Gasteiger partial charge in [0.15, 0.2) is 0 Å². The molecule has 0 radical (unpaired) electrons. The minimum absolute atomic E-state index is 0. The fourth-order valence-electron chi connectivity index (χ4n) is 3.84. The van der Waals surface area contributed by atoms with Crippen LogP contribution in [0.5, 0.6) is 0 Å². The zero-order valence-electron chi connectivity index (χ0n) is 14.9. The predicted octanol–water partition coefficient (Wildman–Crippen LogP) is -0.153. The summed E-state index contributed by atoms with van der Waals surface area (Å²) in [5.74, 6) is 0.786. The van der Waals surface area contributed by atoms with E-state index in [-0.39, 0.29) is 30.3 Å². The number of nitrogens with zero attached hydrogens (tertiary/aromatic N) is 2. The second-order valence-corrected chi connectivity index (χ2v) is 7.13. The summed E-state index contributed by atoms with van der Waals surface area (Å²) in [6.07, 6.45) is 4.24. The van der Waals surface area contributed by atoms with E-state index >= 15 is 0 Å². The first-order valence-electron chi connectivity index (χ1n) is 9.31. The van der Waals surface area contributed by atoms with Crippen LogP contribution in [0.1, 0.15) is 25.7 Å². The summed E-state index contributed by atoms with van der Waals surface area (Å²) in [4.78, 5) is 28.6. The number of nitrogens with one attached hydrogen (secondary N) is 2. The van der Waals surface area contributed by atoms with Gasteiger partial charge < -0.3 is 20.3 Å². The van der Waals surface area contributed by atoms with E-state index in [0.29, 0.717) is 38.8 Å². The molecule has 144 valence electrons. The van der Waals surface area contributed by atoms with E-state index in [4.69, 9.17) is 4.74 Å². The van der Waals surface area contributed by atoms with Gasteiger partial charge in [0.25, 0.3) is 0 Å². The third-order valence-corrected chi connectivity index (χ3v) is 5.27. The standard InChI is InChI=1S/C17H30N4O3.ClH/c22-16(21-7-9-24-10-8-21)13-20-6-2-3-14(12-20)11-19-17(23)15-4-1-5-18-15;/h14-15,18H,1-13H2,(H,19,23);1H. The van der Waals surface area contributed by atoms with Gasteiger partial charge in [-0.05, 0) is 44.7 Å². The zero-order valence-corrected chi connectivity index (χ0v) is 15.7. The van der Waals surface area contributed by atoms with Crippen molar-refractivity contribution in [2.45, 2.75) is 31.7 Å². The molecule has 3 saturated heterocycles. The molecule has 2 unspecified atom stereocenters. The first-order chi connectivity index (χ1) is 11.7. The maximum atomic E-state index is 12.4. The molecule has 8 heteroatoms. The fraction of sp³-hybridized carbons (Fsp3) is 0.882. The first-order valence-corrected chi connectivity index (χ1v) is 9.31. The van der Waals surface area contributed by atoms with E-state index in [0.717, 1.165) is 51.9 Å². The van der Waals surface area contributed by atoms with Gasteiger partial charge in [-0.15, -0.1) is 12.4 Å². The average Bonchev–Trinajstić information content (AvgIpc) is 3.15. The molecule has 0 bridgehead atoms. The van der Waals surface area contributed by atoms with Crippen LogP contribution < -0.4 is 10.6 Å². The van der Waals surface area contributed by atoms with E-state index in [1.165, 1.54) is 0 Å². The Labute approximate surface area is 156 Å². The Bertz CT molecular complexity index is 440. The Balaban J connectivity index is 0.00000225. The number of hydrogen-bond donors (Lipinski definition) is 2. The molecule has 25 heavy (non-hydrogen) atoms. The van der Waals surface area contributed by atoms with Gasteiger partial charge >= 0.3 is 0 Å². The van der Waals surface area contributed by atoms with Crippen molar-refractivity contribution >= 4 is 24.2 Å². The second kappa shape index (κ2) is 10.3. The molecular weight excluding hydrogens is 344 g/mol. The van der Waals surface area contributed by atoms with Gasteiger partial charge in [-0.2, -0.15) is 0 Å². The summed E-state index contributed by atoms with van der Waals surface area (Å²) in [7, 11) is 0. The molecular formula is C17H31ClN4O3. The first kappa shape index (κ1) is 20.4. The lowest BCUT2D eigenvalue weighted by Crippen LogP contribution is -2.49. The van der Waals surface area contributed by atoms with Crippen LogP contribution in [0.15, 0.2) is 0 Å². The van der Waals surface area contributed by atoms with Crippen LogP contribution in [0.4, 0.5) is 0 Å². The van der Waals surface area contributed by atoms with E-state index < -0.39 is 0 Å². The molecule has 3 fully saturated rings. The number of ether oxygens (including phenoxy) is 1. The minimum Gasteiger partial charge on any atom is -0.378 e. The Hall–Kier alpha value is -0.890. The Kier molecular flexibility index (Phi) is 8.42. The summed E-state index contributed by atoms with van der Waals surface area (Å²) in [6, 6.07) is -0.00686. The molecule has 0 aliphatic carbocycles. The van der Waals surface area contributed by atoms with Gasteiger partial charge in [0.2, 0.25) is 11.8 Å². The number of likely N-dealkylation sites (tertiary alicyclic amines) is 1. The number of morpholine rings is 1. The molecule has 0 aromatic carbocycles. The van der Waals surface area contributed by atoms with Crippen molar-refractivity contribution in [3.8, 4) is 0 Å². The summed E-state index contributed by atoms with van der Waals surface area (Å²) >= 11 is 0. The number of amides is 2. The molecule has 3 rings (SSSR count). The molecule has 0 aromatic rings. The normalized spacial score (nSPS) is 27.6. The van der Waals surface area contributed by atoms with Crippen molar-refractivity contribution in [2.24, 2.45) is 5.92 Å². The number of carbonyl (C=O) groups is 2. The molecule has 2 N–H and O–H groups in total. The Morgan fingerprint density at radius 1 is 1.12 bits per heavy atom. The molecule has 2 atom stereocenters. The van der Waals surface area contributed by atoms with E-state index in [2.05, 4.69) is 15.5 Å². The summed E-state index contributed by atoms with van der Waals surface area (Å²) in [6.45, 7) is 6.75. The van der Waals surface area contributed by atoms with Crippen molar-refractivity contribution in [1.29, 1.82) is 0 Å². The van der Waals surface area contributed by atoms with E-state index in [9.17, 15) is 9.59 Å². The third-order valence-electron chi connectivity index (χ3n) is 5.27. The number of piperidine rings is 1. The van der Waals surface area contributed by atoms with Gasteiger partial charge in [0.05, 0.1) is 25.8 Å². The van der Waals surface area contributed by atoms with Gasteiger partial charge in [0, 0.05) is 26.2 Å². The van der Waals surface area contributed by atoms with Crippen molar-refractivity contribution in [2.75, 3.05) is 59.0 Å².